The highest BCUT2D eigenvalue weighted by Crippen LogP contribution is 2.05. The van der Waals surface area contributed by atoms with Crippen molar-refractivity contribution in [2.75, 3.05) is 0 Å². The molecule has 0 saturated carbocycles. The highest BCUT2D eigenvalue weighted by Gasteiger charge is 2.01. The Kier molecular flexibility index (Phi) is 7.08. The minimum Gasteiger partial charge on any atom is -0.205 e. The predicted molar refractivity (Wildman–Crippen MR) is 90.5 cm³/mol. The van der Waals surface area contributed by atoms with Crippen molar-refractivity contribution in [1.29, 1.82) is 0 Å². The van der Waals surface area contributed by atoms with Gasteiger partial charge < -0.3 is 0 Å². The second-order valence-electron chi connectivity index (χ2n) is 6.36. The number of pyridine rings is 2. The Bertz CT molecular complexity index is 512. The van der Waals surface area contributed by atoms with Crippen LogP contribution in [0.1, 0.15) is 49.7 Å². The standard InChI is InChI=1S/C20H30N2/c1-19-11-9-15-21(17-19)13-7-5-3-4-6-8-14-22-16-10-12-20(2)18-22/h9-12,15-18H,3-8,13-14H2,1-2H3/q+2. The predicted octanol–water partition coefficient (Wildman–Crippen LogP) is 3.92. The maximum Gasteiger partial charge on any atom is 0.171 e. The number of unbranched alkanes of at least 4 members (excludes halogenated alkanes) is 5. The summed E-state index contributed by atoms with van der Waals surface area (Å²) in [5.74, 6) is 0. The molecule has 2 heteroatoms. The van der Waals surface area contributed by atoms with Crippen LogP contribution in [-0.4, -0.2) is 0 Å². The number of hydrogen-bond donors (Lipinski definition) is 0. The summed E-state index contributed by atoms with van der Waals surface area (Å²) in [4.78, 5) is 0. The van der Waals surface area contributed by atoms with Crippen molar-refractivity contribution in [3.63, 3.8) is 0 Å². The lowest BCUT2D eigenvalue weighted by Gasteiger charge is -2.01. The second kappa shape index (κ2) is 9.34. The van der Waals surface area contributed by atoms with Gasteiger partial charge in [0.15, 0.2) is 24.8 Å². The van der Waals surface area contributed by atoms with E-state index >= 15 is 0 Å². The molecule has 0 atom stereocenters. The van der Waals surface area contributed by atoms with Crippen LogP contribution in [0.4, 0.5) is 0 Å². The lowest BCUT2D eigenvalue weighted by Crippen LogP contribution is -2.33. The topological polar surface area (TPSA) is 7.76 Å². The molecule has 0 bridgehead atoms. The fourth-order valence-electron chi connectivity index (χ4n) is 2.88. The monoisotopic (exact) mass is 298 g/mol. The molecule has 22 heavy (non-hydrogen) atoms. The third-order valence-electron chi connectivity index (χ3n) is 4.09. The normalized spacial score (nSPS) is 10.8. The van der Waals surface area contributed by atoms with Crippen molar-refractivity contribution in [2.24, 2.45) is 0 Å². The lowest BCUT2D eigenvalue weighted by atomic mass is 10.1. The van der Waals surface area contributed by atoms with Gasteiger partial charge in [0.2, 0.25) is 0 Å². The summed E-state index contributed by atoms with van der Waals surface area (Å²) >= 11 is 0. The highest BCUT2D eigenvalue weighted by atomic mass is 14.9. The van der Waals surface area contributed by atoms with Crippen LogP contribution in [0.3, 0.4) is 0 Å². The van der Waals surface area contributed by atoms with Gasteiger partial charge in [0.1, 0.15) is 13.1 Å². The fourth-order valence-corrected chi connectivity index (χ4v) is 2.88. The van der Waals surface area contributed by atoms with Gasteiger partial charge in [-0.3, -0.25) is 0 Å². The molecule has 2 heterocycles. The fraction of sp³-hybridized carbons (Fsp3) is 0.500. The minimum absolute atomic E-state index is 1.15. The Morgan fingerprint density at radius 2 is 1.05 bits per heavy atom. The van der Waals surface area contributed by atoms with E-state index in [9.17, 15) is 0 Å². The number of aromatic nitrogens is 2. The van der Waals surface area contributed by atoms with Gasteiger partial charge in [-0.15, -0.1) is 0 Å². The van der Waals surface area contributed by atoms with E-state index in [-0.39, 0.29) is 0 Å². The van der Waals surface area contributed by atoms with E-state index in [2.05, 4.69) is 72.0 Å². The SMILES string of the molecule is Cc1ccc[n+](CCCCCCCC[n+]2cccc(C)c2)c1. The Hall–Kier alpha value is -1.70. The van der Waals surface area contributed by atoms with E-state index in [0.29, 0.717) is 0 Å². The Morgan fingerprint density at radius 3 is 1.45 bits per heavy atom. The smallest absolute Gasteiger partial charge is 0.171 e. The van der Waals surface area contributed by atoms with Crippen LogP contribution >= 0.6 is 0 Å². The lowest BCUT2D eigenvalue weighted by molar-refractivity contribution is -0.698. The highest BCUT2D eigenvalue weighted by molar-refractivity contribution is 5.01. The van der Waals surface area contributed by atoms with Gasteiger partial charge in [-0.2, -0.15) is 0 Å². The molecule has 0 saturated heterocycles. The quantitative estimate of drug-likeness (QED) is 0.490. The summed E-state index contributed by atoms with van der Waals surface area (Å²) in [6.07, 6.45) is 16.8. The van der Waals surface area contributed by atoms with Crippen molar-refractivity contribution >= 4 is 0 Å². The molecular formula is C20H30N2+2. The van der Waals surface area contributed by atoms with Gasteiger partial charge in [-0.05, 0) is 38.8 Å². The number of rotatable bonds is 9. The van der Waals surface area contributed by atoms with Crippen molar-refractivity contribution in [3.05, 3.63) is 60.2 Å². The van der Waals surface area contributed by atoms with Crippen LogP contribution in [0.2, 0.25) is 0 Å². The largest absolute Gasteiger partial charge is 0.205 e. The first kappa shape index (κ1) is 16.7. The van der Waals surface area contributed by atoms with Gasteiger partial charge in [0.05, 0.1) is 0 Å². The number of aryl methyl sites for hydroxylation is 4. The molecule has 0 aliphatic heterocycles. The average Bonchev–Trinajstić information content (AvgIpc) is 2.50. The van der Waals surface area contributed by atoms with E-state index < -0.39 is 0 Å². The van der Waals surface area contributed by atoms with Gasteiger partial charge in [-0.1, -0.05) is 12.8 Å². The van der Waals surface area contributed by atoms with Gasteiger partial charge in [0.25, 0.3) is 0 Å². The van der Waals surface area contributed by atoms with Crippen molar-refractivity contribution in [3.8, 4) is 0 Å². The summed E-state index contributed by atoms with van der Waals surface area (Å²) in [6, 6.07) is 8.59. The molecule has 0 spiro atoms. The molecule has 0 amide bonds. The summed E-state index contributed by atoms with van der Waals surface area (Å²) in [5, 5.41) is 0. The van der Waals surface area contributed by atoms with Crippen molar-refractivity contribution in [2.45, 2.75) is 65.5 Å². The molecule has 0 radical (unpaired) electrons. The van der Waals surface area contributed by atoms with Gasteiger partial charge in [0, 0.05) is 36.1 Å². The van der Waals surface area contributed by atoms with E-state index in [4.69, 9.17) is 0 Å². The first-order chi connectivity index (χ1) is 10.7. The summed E-state index contributed by atoms with van der Waals surface area (Å²) in [6.45, 7) is 6.62. The molecule has 2 nitrogen and oxygen atoms in total. The van der Waals surface area contributed by atoms with Gasteiger partial charge >= 0.3 is 0 Å². The van der Waals surface area contributed by atoms with Crippen molar-refractivity contribution < 1.29 is 9.13 Å². The molecule has 0 aromatic carbocycles. The van der Waals surface area contributed by atoms with Crippen LogP contribution < -0.4 is 9.13 Å². The molecule has 0 N–H and O–H groups in total. The Labute approximate surface area is 135 Å². The molecule has 0 unspecified atom stereocenters. The van der Waals surface area contributed by atoms with Crippen LogP contribution in [0.15, 0.2) is 49.1 Å². The molecule has 2 aromatic rings. The van der Waals surface area contributed by atoms with Crippen LogP contribution in [-0.2, 0) is 13.1 Å². The molecule has 0 aliphatic rings. The summed E-state index contributed by atoms with van der Waals surface area (Å²) in [7, 11) is 0. The van der Waals surface area contributed by atoms with E-state index in [1.54, 1.807) is 0 Å². The average molecular weight is 298 g/mol. The molecule has 0 fully saturated rings. The first-order valence-electron chi connectivity index (χ1n) is 8.65. The maximum absolute atomic E-state index is 2.31. The number of nitrogens with zero attached hydrogens (tertiary/aromatic N) is 2. The summed E-state index contributed by atoms with van der Waals surface area (Å²) < 4.78 is 4.62. The number of hydrogen-bond acceptors (Lipinski definition) is 0. The molecular weight excluding hydrogens is 268 g/mol. The zero-order valence-corrected chi connectivity index (χ0v) is 14.2. The summed E-state index contributed by atoms with van der Waals surface area (Å²) in [5.41, 5.74) is 2.69. The minimum atomic E-state index is 1.15. The molecule has 2 rings (SSSR count). The van der Waals surface area contributed by atoms with E-state index in [1.807, 2.05) is 0 Å². The van der Waals surface area contributed by atoms with Crippen LogP contribution in [0, 0.1) is 13.8 Å². The van der Waals surface area contributed by atoms with Crippen LogP contribution in [0.5, 0.6) is 0 Å². The van der Waals surface area contributed by atoms with Gasteiger partial charge in [-0.25, -0.2) is 9.13 Å². The maximum atomic E-state index is 2.31. The first-order valence-corrected chi connectivity index (χ1v) is 8.65. The Morgan fingerprint density at radius 1 is 0.636 bits per heavy atom. The second-order valence-corrected chi connectivity index (χ2v) is 6.36. The zero-order valence-electron chi connectivity index (χ0n) is 14.2. The van der Waals surface area contributed by atoms with E-state index in [0.717, 1.165) is 13.1 Å². The van der Waals surface area contributed by atoms with Crippen LogP contribution in [0.25, 0.3) is 0 Å². The third kappa shape index (κ3) is 6.38. The van der Waals surface area contributed by atoms with E-state index in [1.165, 1.54) is 49.7 Å². The Balaban J connectivity index is 1.49. The molecule has 118 valence electrons. The zero-order chi connectivity index (χ0) is 15.6. The molecule has 2 aromatic heterocycles. The van der Waals surface area contributed by atoms with Crippen molar-refractivity contribution in [1.82, 2.24) is 0 Å². The molecule has 0 aliphatic carbocycles. The third-order valence-corrected chi connectivity index (χ3v) is 4.09.